The summed E-state index contributed by atoms with van der Waals surface area (Å²) in [5, 5.41) is 9.39. The maximum absolute atomic E-state index is 11.3. The van der Waals surface area contributed by atoms with E-state index in [2.05, 4.69) is 0 Å². The molecule has 1 N–H and O–H groups in total. The average molecular weight is 200 g/mol. The molecule has 0 heterocycles. The van der Waals surface area contributed by atoms with Crippen molar-refractivity contribution >= 4 is 9.84 Å². The molecule has 4 heteroatoms. The molecule has 0 atom stereocenters. The van der Waals surface area contributed by atoms with Crippen LogP contribution in [0.3, 0.4) is 0 Å². The summed E-state index contributed by atoms with van der Waals surface area (Å²) in [4.78, 5) is 0.218. The van der Waals surface area contributed by atoms with E-state index < -0.39 is 9.84 Å². The van der Waals surface area contributed by atoms with E-state index in [-0.39, 0.29) is 10.6 Å². The quantitative estimate of drug-likeness (QED) is 0.784. The van der Waals surface area contributed by atoms with Gasteiger partial charge < -0.3 is 5.11 Å². The first-order chi connectivity index (χ1) is 5.96. The molecule has 0 amide bonds. The topological polar surface area (TPSA) is 54.4 Å². The van der Waals surface area contributed by atoms with E-state index in [9.17, 15) is 13.5 Å². The first-order valence-electron chi connectivity index (χ1n) is 3.97. The molecule has 13 heavy (non-hydrogen) atoms. The Morgan fingerprint density at radius 2 is 2.00 bits per heavy atom. The van der Waals surface area contributed by atoms with Crippen molar-refractivity contribution in [3.05, 3.63) is 23.8 Å². The van der Waals surface area contributed by atoms with Crippen LogP contribution < -0.4 is 0 Å². The van der Waals surface area contributed by atoms with Crippen molar-refractivity contribution in [2.45, 2.75) is 18.2 Å². The van der Waals surface area contributed by atoms with E-state index in [1.54, 1.807) is 0 Å². The van der Waals surface area contributed by atoms with Gasteiger partial charge in [0.15, 0.2) is 9.84 Å². The third kappa shape index (κ3) is 2.01. The first-order valence-corrected chi connectivity index (χ1v) is 5.87. The Bertz CT molecular complexity index is 407. The maximum atomic E-state index is 11.3. The van der Waals surface area contributed by atoms with Gasteiger partial charge in [0.05, 0.1) is 4.90 Å². The van der Waals surface area contributed by atoms with Gasteiger partial charge in [-0.15, -0.1) is 0 Å². The summed E-state index contributed by atoms with van der Waals surface area (Å²) in [6, 6.07) is 4.53. The lowest BCUT2D eigenvalue weighted by molar-refractivity contribution is 0.466. The van der Waals surface area contributed by atoms with Gasteiger partial charge in [0, 0.05) is 11.8 Å². The van der Waals surface area contributed by atoms with E-state index in [0.29, 0.717) is 12.0 Å². The van der Waals surface area contributed by atoms with Crippen molar-refractivity contribution in [1.82, 2.24) is 0 Å². The summed E-state index contributed by atoms with van der Waals surface area (Å²) in [7, 11) is -3.23. The molecule has 0 aliphatic heterocycles. The summed E-state index contributed by atoms with van der Waals surface area (Å²) in [6.45, 7) is 1.81. The Balaban J connectivity index is 3.47. The van der Waals surface area contributed by atoms with Crippen LogP contribution in [0.2, 0.25) is 0 Å². The Hall–Kier alpha value is -1.03. The largest absolute Gasteiger partial charge is 0.508 e. The number of benzene rings is 1. The van der Waals surface area contributed by atoms with E-state index in [1.165, 1.54) is 18.2 Å². The molecule has 0 aliphatic carbocycles. The molecular weight excluding hydrogens is 188 g/mol. The smallest absolute Gasteiger partial charge is 0.175 e. The fourth-order valence-corrected chi connectivity index (χ4v) is 2.28. The Morgan fingerprint density at radius 3 is 2.38 bits per heavy atom. The third-order valence-electron chi connectivity index (χ3n) is 1.86. The van der Waals surface area contributed by atoms with Crippen molar-refractivity contribution in [3.8, 4) is 5.75 Å². The van der Waals surface area contributed by atoms with Gasteiger partial charge in [-0.3, -0.25) is 0 Å². The second-order valence-electron chi connectivity index (χ2n) is 2.88. The SMILES string of the molecule is CCc1c(O)cccc1S(C)(=O)=O. The Labute approximate surface area is 77.9 Å². The van der Waals surface area contributed by atoms with Gasteiger partial charge in [-0.05, 0) is 18.6 Å². The number of sulfone groups is 1. The summed E-state index contributed by atoms with van der Waals surface area (Å²) in [5.74, 6) is 0.0467. The highest BCUT2D eigenvalue weighted by atomic mass is 32.2. The van der Waals surface area contributed by atoms with Crippen LogP contribution in [0, 0.1) is 0 Å². The van der Waals surface area contributed by atoms with Crippen molar-refractivity contribution < 1.29 is 13.5 Å². The minimum atomic E-state index is -3.23. The van der Waals surface area contributed by atoms with Crippen LogP contribution in [-0.4, -0.2) is 19.8 Å². The first kappa shape index (κ1) is 10.1. The van der Waals surface area contributed by atoms with E-state index in [4.69, 9.17) is 0 Å². The van der Waals surface area contributed by atoms with Gasteiger partial charge in [-0.1, -0.05) is 13.0 Å². The lowest BCUT2D eigenvalue weighted by Crippen LogP contribution is -2.01. The Morgan fingerprint density at radius 1 is 1.38 bits per heavy atom. The average Bonchev–Trinajstić information content (AvgIpc) is 2.02. The molecule has 0 aliphatic rings. The van der Waals surface area contributed by atoms with Crippen LogP contribution in [0.4, 0.5) is 0 Å². The van der Waals surface area contributed by atoms with Gasteiger partial charge in [0.2, 0.25) is 0 Å². The maximum Gasteiger partial charge on any atom is 0.175 e. The number of phenols is 1. The lowest BCUT2D eigenvalue weighted by atomic mass is 10.1. The third-order valence-corrected chi connectivity index (χ3v) is 3.04. The Kier molecular flexibility index (Phi) is 2.61. The van der Waals surface area contributed by atoms with E-state index in [0.717, 1.165) is 6.26 Å². The number of phenolic OH excluding ortho intramolecular Hbond substituents is 1. The van der Waals surface area contributed by atoms with Crippen molar-refractivity contribution in [3.63, 3.8) is 0 Å². The highest BCUT2D eigenvalue weighted by Crippen LogP contribution is 2.24. The molecule has 0 radical (unpaired) electrons. The molecule has 0 saturated heterocycles. The van der Waals surface area contributed by atoms with E-state index >= 15 is 0 Å². The summed E-state index contributed by atoms with van der Waals surface area (Å²) in [6.07, 6.45) is 1.65. The molecule has 0 aromatic heterocycles. The zero-order chi connectivity index (χ0) is 10.1. The van der Waals surface area contributed by atoms with Gasteiger partial charge in [0.25, 0.3) is 0 Å². The minimum absolute atomic E-state index is 0.0467. The van der Waals surface area contributed by atoms with Crippen LogP contribution in [0.1, 0.15) is 12.5 Å². The van der Waals surface area contributed by atoms with Crippen LogP contribution in [0.25, 0.3) is 0 Å². The molecule has 0 unspecified atom stereocenters. The molecule has 3 nitrogen and oxygen atoms in total. The number of hydrogen-bond acceptors (Lipinski definition) is 3. The van der Waals surface area contributed by atoms with Crippen LogP contribution in [0.15, 0.2) is 23.1 Å². The number of aromatic hydroxyl groups is 1. The van der Waals surface area contributed by atoms with Crippen molar-refractivity contribution in [2.24, 2.45) is 0 Å². The summed E-state index contributed by atoms with van der Waals surface area (Å²) >= 11 is 0. The zero-order valence-electron chi connectivity index (χ0n) is 7.61. The molecule has 1 rings (SSSR count). The highest BCUT2D eigenvalue weighted by Gasteiger charge is 2.14. The molecule has 1 aromatic carbocycles. The fourth-order valence-electron chi connectivity index (χ4n) is 1.26. The van der Waals surface area contributed by atoms with Crippen LogP contribution in [-0.2, 0) is 16.3 Å². The normalized spacial score (nSPS) is 11.5. The van der Waals surface area contributed by atoms with Crippen LogP contribution in [0.5, 0.6) is 5.75 Å². The van der Waals surface area contributed by atoms with Gasteiger partial charge in [0.1, 0.15) is 5.75 Å². The van der Waals surface area contributed by atoms with E-state index in [1.807, 2.05) is 6.92 Å². The molecule has 0 fully saturated rings. The fraction of sp³-hybridized carbons (Fsp3) is 0.333. The van der Waals surface area contributed by atoms with Gasteiger partial charge >= 0.3 is 0 Å². The van der Waals surface area contributed by atoms with Gasteiger partial charge in [-0.25, -0.2) is 8.42 Å². The summed E-state index contributed by atoms with van der Waals surface area (Å²) < 4.78 is 22.5. The number of hydrogen-bond donors (Lipinski definition) is 1. The standard InChI is InChI=1S/C9H12O3S/c1-3-7-8(10)5-4-6-9(7)13(2,11)12/h4-6,10H,3H2,1-2H3. The van der Waals surface area contributed by atoms with Crippen LogP contribution >= 0.6 is 0 Å². The minimum Gasteiger partial charge on any atom is -0.508 e. The highest BCUT2D eigenvalue weighted by molar-refractivity contribution is 7.90. The lowest BCUT2D eigenvalue weighted by Gasteiger charge is -2.06. The molecular formula is C9H12O3S. The second kappa shape index (κ2) is 3.38. The molecule has 0 bridgehead atoms. The molecule has 0 saturated carbocycles. The van der Waals surface area contributed by atoms with Crippen molar-refractivity contribution in [2.75, 3.05) is 6.26 Å². The van der Waals surface area contributed by atoms with Gasteiger partial charge in [-0.2, -0.15) is 0 Å². The molecule has 1 aromatic rings. The zero-order valence-corrected chi connectivity index (χ0v) is 8.43. The summed E-state index contributed by atoms with van der Waals surface area (Å²) in [5.41, 5.74) is 0.491. The number of rotatable bonds is 2. The second-order valence-corrected chi connectivity index (χ2v) is 4.86. The molecule has 72 valence electrons. The predicted octanol–water partition coefficient (Wildman–Crippen LogP) is 1.36. The molecule has 0 spiro atoms. The van der Waals surface area contributed by atoms with Crippen molar-refractivity contribution in [1.29, 1.82) is 0 Å². The monoisotopic (exact) mass is 200 g/mol. The predicted molar refractivity (Wildman–Crippen MR) is 50.6 cm³/mol.